The van der Waals surface area contributed by atoms with Crippen LogP contribution in [0.2, 0.25) is 0 Å². The van der Waals surface area contributed by atoms with E-state index in [9.17, 15) is 0 Å². The lowest BCUT2D eigenvalue weighted by Gasteiger charge is -2.27. The first-order valence-corrected chi connectivity index (χ1v) is 9.87. The van der Waals surface area contributed by atoms with Gasteiger partial charge < -0.3 is 10.6 Å². The normalized spacial score (nSPS) is 15.5. The average molecular weight is 325 g/mol. The molecule has 0 bridgehead atoms. The fraction of sp³-hybridized carbons (Fsp3) is 0.810. The van der Waals surface area contributed by atoms with E-state index in [2.05, 4.69) is 45.4 Å². The maximum atomic E-state index is 6.15. The van der Waals surface area contributed by atoms with E-state index in [0.29, 0.717) is 0 Å². The first kappa shape index (κ1) is 24.6. The summed E-state index contributed by atoms with van der Waals surface area (Å²) in [6, 6.07) is 0.0812. The van der Waals surface area contributed by atoms with E-state index < -0.39 is 0 Å². The molecule has 0 aromatic carbocycles. The summed E-state index contributed by atoms with van der Waals surface area (Å²) in [5.74, 6) is 0. The molecule has 0 aromatic heterocycles. The molecule has 2 nitrogen and oxygen atoms in total. The Hall–Kier alpha value is -0.600. The van der Waals surface area contributed by atoms with Crippen LogP contribution in [-0.2, 0) is 0 Å². The van der Waals surface area contributed by atoms with Gasteiger partial charge in [0, 0.05) is 19.1 Å². The summed E-state index contributed by atoms with van der Waals surface area (Å²) in [6.07, 6.45) is 12.6. The minimum Gasteiger partial charge on any atom is -0.321 e. The standard InChI is InChI=1S/C12H22N2.C7H16.C2H6/c1-4-6-10(2)12(13)11-7-5-8-14(3)9-11;1-3-5-7-6-4-2;1-2/h7,12H,2,4-6,8-9,13H2,1,3H3;3-7H2,1-2H3;1-2H3. The number of rotatable bonds is 8. The topological polar surface area (TPSA) is 29.3 Å². The van der Waals surface area contributed by atoms with Crippen LogP contribution in [0.4, 0.5) is 0 Å². The predicted molar refractivity (Wildman–Crippen MR) is 108 cm³/mol. The summed E-state index contributed by atoms with van der Waals surface area (Å²) in [4.78, 5) is 2.31. The Kier molecular flexibility index (Phi) is 19.0. The summed E-state index contributed by atoms with van der Waals surface area (Å²) in [6.45, 7) is 16.9. The van der Waals surface area contributed by atoms with Crippen molar-refractivity contribution in [2.24, 2.45) is 5.73 Å². The average Bonchev–Trinajstić information content (AvgIpc) is 2.57. The van der Waals surface area contributed by atoms with Crippen LogP contribution in [0.15, 0.2) is 23.8 Å². The number of unbranched alkanes of at least 4 members (excludes halogenated alkanes) is 4. The molecule has 0 amide bonds. The highest BCUT2D eigenvalue weighted by Crippen LogP contribution is 2.17. The number of nitrogens with zero attached hydrogens (tertiary/aromatic N) is 1. The maximum absolute atomic E-state index is 6.15. The molecule has 1 rings (SSSR count). The molecule has 2 N–H and O–H groups in total. The second kappa shape index (κ2) is 17.7. The quantitative estimate of drug-likeness (QED) is 0.442. The van der Waals surface area contributed by atoms with Gasteiger partial charge >= 0.3 is 0 Å². The molecule has 0 aromatic rings. The van der Waals surface area contributed by atoms with Crippen molar-refractivity contribution in [3.05, 3.63) is 23.8 Å². The lowest BCUT2D eigenvalue weighted by molar-refractivity contribution is 0.348. The van der Waals surface area contributed by atoms with Gasteiger partial charge in [-0.2, -0.15) is 0 Å². The van der Waals surface area contributed by atoms with Gasteiger partial charge in [-0.1, -0.05) is 91.4 Å². The molecule has 0 saturated heterocycles. The Morgan fingerprint density at radius 1 is 1.13 bits per heavy atom. The summed E-state index contributed by atoms with van der Waals surface area (Å²) in [5.41, 5.74) is 8.67. The highest BCUT2D eigenvalue weighted by molar-refractivity contribution is 5.25. The van der Waals surface area contributed by atoms with Gasteiger partial charge in [0.2, 0.25) is 0 Å². The zero-order valence-electron chi connectivity index (χ0n) is 17.0. The molecular formula is C21H44N2. The van der Waals surface area contributed by atoms with Gasteiger partial charge in [-0.15, -0.1) is 0 Å². The van der Waals surface area contributed by atoms with Gasteiger partial charge in [0.25, 0.3) is 0 Å². The van der Waals surface area contributed by atoms with Gasteiger partial charge in [0.15, 0.2) is 0 Å². The fourth-order valence-corrected chi connectivity index (χ4v) is 2.57. The SMILES string of the molecule is C=C(CCC)C(N)C1=CCCN(C)C1.CC.CCCCCCC. The fourth-order valence-electron chi connectivity index (χ4n) is 2.57. The zero-order chi connectivity index (χ0) is 18.1. The third-order valence-electron chi connectivity index (χ3n) is 3.99. The van der Waals surface area contributed by atoms with Gasteiger partial charge in [-0.3, -0.25) is 0 Å². The molecule has 0 spiro atoms. The summed E-state index contributed by atoms with van der Waals surface area (Å²) >= 11 is 0. The zero-order valence-corrected chi connectivity index (χ0v) is 17.0. The molecule has 0 saturated carbocycles. The predicted octanol–water partition coefficient (Wildman–Crippen LogP) is 5.93. The third kappa shape index (κ3) is 13.5. The Morgan fingerprint density at radius 2 is 1.70 bits per heavy atom. The van der Waals surface area contributed by atoms with Crippen LogP contribution in [0.5, 0.6) is 0 Å². The number of likely N-dealkylation sites (N-methyl/N-ethyl adjacent to an activating group) is 1. The molecule has 1 aliphatic heterocycles. The second-order valence-corrected chi connectivity index (χ2v) is 6.25. The van der Waals surface area contributed by atoms with Crippen LogP contribution in [-0.4, -0.2) is 31.1 Å². The summed E-state index contributed by atoms with van der Waals surface area (Å²) in [7, 11) is 2.14. The van der Waals surface area contributed by atoms with Crippen LogP contribution >= 0.6 is 0 Å². The Labute approximate surface area is 147 Å². The van der Waals surface area contributed by atoms with Gasteiger partial charge in [0.1, 0.15) is 0 Å². The van der Waals surface area contributed by atoms with Crippen molar-refractivity contribution >= 4 is 0 Å². The van der Waals surface area contributed by atoms with Crippen molar-refractivity contribution in [2.45, 2.75) is 92.0 Å². The molecule has 0 radical (unpaired) electrons. The Balaban J connectivity index is 0. The molecular weight excluding hydrogens is 280 g/mol. The number of hydrogen-bond donors (Lipinski definition) is 1. The molecule has 2 heteroatoms. The first-order valence-electron chi connectivity index (χ1n) is 9.87. The molecule has 0 aliphatic carbocycles. The molecule has 1 unspecified atom stereocenters. The van der Waals surface area contributed by atoms with E-state index >= 15 is 0 Å². The molecule has 23 heavy (non-hydrogen) atoms. The molecule has 1 aliphatic rings. The van der Waals surface area contributed by atoms with E-state index in [-0.39, 0.29) is 6.04 Å². The van der Waals surface area contributed by atoms with Crippen molar-refractivity contribution in [3.63, 3.8) is 0 Å². The lowest BCUT2D eigenvalue weighted by atomic mass is 9.94. The van der Waals surface area contributed by atoms with Gasteiger partial charge in [-0.25, -0.2) is 0 Å². The van der Waals surface area contributed by atoms with E-state index in [1.807, 2.05) is 13.8 Å². The summed E-state index contributed by atoms with van der Waals surface area (Å²) in [5, 5.41) is 0. The highest BCUT2D eigenvalue weighted by Gasteiger charge is 2.16. The van der Waals surface area contributed by atoms with Crippen molar-refractivity contribution in [1.29, 1.82) is 0 Å². The Morgan fingerprint density at radius 3 is 2.13 bits per heavy atom. The van der Waals surface area contributed by atoms with Gasteiger partial charge in [-0.05, 0) is 25.5 Å². The molecule has 1 atom stereocenters. The van der Waals surface area contributed by atoms with Crippen LogP contribution in [0.3, 0.4) is 0 Å². The summed E-state index contributed by atoms with van der Waals surface area (Å²) < 4.78 is 0. The van der Waals surface area contributed by atoms with E-state index in [1.165, 1.54) is 43.3 Å². The maximum Gasteiger partial charge on any atom is 0.0480 e. The monoisotopic (exact) mass is 324 g/mol. The van der Waals surface area contributed by atoms with E-state index in [4.69, 9.17) is 5.73 Å². The van der Waals surface area contributed by atoms with Crippen LogP contribution in [0, 0.1) is 0 Å². The highest BCUT2D eigenvalue weighted by atomic mass is 15.1. The minimum atomic E-state index is 0.0812. The number of hydrogen-bond acceptors (Lipinski definition) is 2. The van der Waals surface area contributed by atoms with Crippen molar-refractivity contribution in [2.75, 3.05) is 20.1 Å². The van der Waals surface area contributed by atoms with Gasteiger partial charge in [0.05, 0.1) is 0 Å². The van der Waals surface area contributed by atoms with Crippen molar-refractivity contribution < 1.29 is 0 Å². The number of nitrogens with two attached hydrogens (primary N) is 1. The van der Waals surface area contributed by atoms with Crippen LogP contribution < -0.4 is 5.73 Å². The second-order valence-electron chi connectivity index (χ2n) is 6.25. The molecule has 0 fully saturated rings. The van der Waals surface area contributed by atoms with Crippen LogP contribution in [0.25, 0.3) is 0 Å². The molecule has 138 valence electrons. The van der Waals surface area contributed by atoms with Crippen LogP contribution in [0.1, 0.15) is 86.0 Å². The molecule has 1 heterocycles. The lowest BCUT2D eigenvalue weighted by Crippen LogP contribution is -2.35. The Bertz CT molecular complexity index is 290. The first-order chi connectivity index (χ1) is 11.1. The van der Waals surface area contributed by atoms with E-state index in [1.54, 1.807) is 0 Å². The van der Waals surface area contributed by atoms with Crippen molar-refractivity contribution in [3.8, 4) is 0 Å². The largest absolute Gasteiger partial charge is 0.321 e. The smallest absolute Gasteiger partial charge is 0.0480 e. The van der Waals surface area contributed by atoms with Crippen molar-refractivity contribution in [1.82, 2.24) is 4.90 Å². The minimum absolute atomic E-state index is 0.0812. The third-order valence-corrected chi connectivity index (χ3v) is 3.99. The van der Waals surface area contributed by atoms with E-state index in [0.717, 1.165) is 32.4 Å².